The Kier molecular flexibility index (Phi) is 31.1. The number of para-hydroxylation sites is 1. The molecule has 0 saturated carbocycles. The van der Waals surface area contributed by atoms with Gasteiger partial charge in [-0.1, -0.05) is 18.2 Å². The van der Waals surface area contributed by atoms with E-state index in [9.17, 15) is 0 Å². The molecule has 0 spiro atoms. The van der Waals surface area contributed by atoms with Gasteiger partial charge in [0.15, 0.2) is 5.82 Å². The predicted molar refractivity (Wildman–Crippen MR) is 227 cm³/mol. The van der Waals surface area contributed by atoms with Crippen LogP contribution < -0.4 is 16.8 Å². The topological polar surface area (TPSA) is 206 Å². The summed E-state index contributed by atoms with van der Waals surface area (Å²) in [6, 6.07) is 8.02. The van der Waals surface area contributed by atoms with Gasteiger partial charge in [-0.25, -0.2) is 9.97 Å². The van der Waals surface area contributed by atoms with Crippen LogP contribution in [0.2, 0.25) is 0 Å². The van der Waals surface area contributed by atoms with Gasteiger partial charge < -0.3 is 78.2 Å². The highest BCUT2D eigenvalue weighted by atomic mass is 16.6. The van der Waals surface area contributed by atoms with Crippen LogP contribution in [0, 0.1) is 0 Å². The Hall–Kier alpha value is -2.66. The van der Waals surface area contributed by atoms with Crippen LogP contribution in [-0.4, -0.2) is 186 Å². The Morgan fingerprint density at radius 1 is 0.593 bits per heavy atom. The molecule has 1 aromatic carbocycles. The molecule has 2 aromatic heterocycles. The molecule has 340 valence electrons. The van der Waals surface area contributed by atoms with E-state index in [4.69, 9.17) is 73.3 Å². The third-order valence-corrected chi connectivity index (χ3v) is 8.26. The van der Waals surface area contributed by atoms with E-state index in [1.807, 2.05) is 25.1 Å². The van der Waals surface area contributed by atoms with Gasteiger partial charge in [-0.2, -0.15) is 0 Å². The number of nitrogens with two attached hydrogens (primary N) is 2. The van der Waals surface area contributed by atoms with Gasteiger partial charge in [0, 0.05) is 51.4 Å². The van der Waals surface area contributed by atoms with E-state index in [1.54, 1.807) is 14.2 Å². The summed E-state index contributed by atoms with van der Waals surface area (Å²) >= 11 is 0. The smallest absolute Gasteiger partial charge is 0.152 e. The van der Waals surface area contributed by atoms with Crippen molar-refractivity contribution in [3.63, 3.8) is 0 Å². The van der Waals surface area contributed by atoms with E-state index in [0.29, 0.717) is 176 Å². The quantitative estimate of drug-likeness (QED) is 0.0709. The van der Waals surface area contributed by atoms with E-state index >= 15 is 0 Å². The average Bonchev–Trinajstić information content (AvgIpc) is 3.59. The second-order valence-electron chi connectivity index (χ2n) is 13.6. The van der Waals surface area contributed by atoms with Gasteiger partial charge in [0.2, 0.25) is 0 Å². The summed E-state index contributed by atoms with van der Waals surface area (Å²) in [5.41, 5.74) is 13.9. The number of hydrogen-bond donors (Lipinski definition) is 3. The summed E-state index contributed by atoms with van der Waals surface area (Å²) in [6.45, 7) is 20.6. The Bertz CT molecular complexity index is 1420. The van der Waals surface area contributed by atoms with Crippen LogP contribution in [0.3, 0.4) is 0 Å². The van der Waals surface area contributed by atoms with Crippen molar-refractivity contribution in [1.82, 2.24) is 19.9 Å². The van der Waals surface area contributed by atoms with E-state index < -0.39 is 0 Å². The van der Waals surface area contributed by atoms with Gasteiger partial charge in [-0.3, -0.25) is 0 Å². The Morgan fingerprint density at radius 2 is 1.03 bits per heavy atom. The largest absolute Gasteiger partial charge is 0.382 e. The van der Waals surface area contributed by atoms with E-state index in [-0.39, 0.29) is 5.54 Å². The minimum absolute atomic E-state index is 0.238. The maximum absolute atomic E-state index is 6.31. The van der Waals surface area contributed by atoms with Crippen LogP contribution in [0.5, 0.6) is 0 Å². The fraction of sp³-hybridized carbons (Fsp3) is 0.756. The molecule has 0 radical (unpaired) electrons. The number of rotatable bonds is 38. The van der Waals surface area contributed by atoms with Crippen molar-refractivity contribution >= 4 is 27.8 Å². The van der Waals surface area contributed by atoms with Gasteiger partial charge >= 0.3 is 0 Å². The number of aromatic nitrogens is 3. The number of imidazole rings is 1. The van der Waals surface area contributed by atoms with Crippen LogP contribution in [0.15, 0.2) is 24.3 Å². The molecule has 0 saturated heterocycles. The van der Waals surface area contributed by atoms with Crippen LogP contribution in [0.1, 0.15) is 26.6 Å². The summed E-state index contributed by atoms with van der Waals surface area (Å²) < 4.78 is 66.2. The fourth-order valence-electron chi connectivity index (χ4n) is 5.40. The normalized spacial score (nSPS) is 11.8. The minimum Gasteiger partial charge on any atom is -0.382 e. The standard InChI is InChI=1S/C28H45N5O6.C13H29NO6/c1-5-35-20-24-32-25-26(22-8-6-7-9-23(22)31-27(25)29)33(24)21-28(2,3)30-10-11-36-14-15-38-18-19-39-17-16-37-13-12-34-4;1-15-4-5-17-8-9-19-12-13-20-11-10-18-7-6-16-3-2-14/h6-9,30H,5,10-21H2,1-4H3,(H2,29,31);2-14H2,1H3. The SMILES string of the molecule is CCOCc1nc2c(N)nc3ccccc3c2n1CC(C)(C)NCCOCCOCCOCCOCCOC.COCCOCCOCCOCCOCCOCCN. The van der Waals surface area contributed by atoms with Crippen LogP contribution in [0.25, 0.3) is 21.9 Å². The van der Waals surface area contributed by atoms with Crippen molar-refractivity contribution in [2.75, 3.05) is 172 Å². The van der Waals surface area contributed by atoms with E-state index in [2.05, 4.69) is 34.8 Å². The van der Waals surface area contributed by atoms with Crippen LogP contribution in [-0.2, 0) is 70.0 Å². The summed E-state index contributed by atoms with van der Waals surface area (Å²) in [4.78, 5) is 9.39. The molecule has 59 heavy (non-hydrogen) atoms. The maximum Gasteiger partial charge on any atom is 0.152 e. The summed E-state index contributed by atoms with van der Waals surface area (Å²) in [6.07, 6.45) is 0. The van der Waals surface area contributed by atoms with Crippen molar-refractivity contribution in [2.24, 2.45) is 5.73 Å². The van der Waals surface area contributed by atoms with Gasteiger partial charge in [0.05, 0.1) is 143 Å². The molecule has 0 amide bonds. The van der Waals surface area contributed by atoms with Crippen molar-refractivity contribution in [3.05, 3.63) is 30.1 Å². The third-order valence-electron chi connectivity index (χ3n) is 8.26. The highest BCUT2D eigenvalue weighted by molar-refractivity contribution is 6.06. The molecule has 0 fully saturated rings. The first-order valence-electron chi connectivity index (χ1n) is 20.6. The molecule has 0 aliphatic rings. The van der Waals surface area contributed by atoms with Gasteiger partial charge in [-0.05, 0) is 26.8 Å². The number of nitrogens with one attached hydrogen (secondary N) is 1. The third kappa shape index (κ3) is 24.4. The summed E-state index contributed by atoms with van der Waals surface area (Å²) in [5.74, 6) is 1.27. The molecule has 0 unspecified atom stereocenters. The number of nitrogen functional groups attached to an aromatic ring is 1. The zero-order chi connectivity index (χ0) is 42.7. The van der Waals surface area contributed by atoms with Gasteiger partial charge in [0.25, 0.3) is 0 Å². The number of benzene rings is 1. The Balaban J connectivity index is 0.000000507. The lowest BCUT2D eigenvalue weighted by atomic mass is 10.1. The molecular weight excluding hydrogens is 768 g/mol. The second-order valence-corrected chi connectivity index (χ2v) is 13.6. The molecule has 0 aliphatic carbocycles. The van der Waals surface area contributed by atoms with Gasteiger partial charge in [-0.15, -0.1) is 0 Å². The first-order valence-corrected chi connectivity index (χ1v) is 20.6. The highest BCUT2D eigenvalue weighted by Crippen LogP contribution is 2.30. The Morgan fingerprint density at radius 3 is 1.49 bits per heavy atom. The molecule has 0 atom stereocenters. The molecule has 18 nitrogen and oxygen atoms in total. The maximum atomic E-state index is 6.31. The van der Waals surface area contributed by atoms with Crippen LogP contribution >= 0.6 is 0 Å². The van der Waals surface area contributed by atoms with Crippen molar-refractivity contribution in [3.8, 4) is 0 Å². The molecular formula is C41H74N6O12. The summed E-state index contributed by atoms with van der Waals surface area (Å²) in [7, 11) is 3.30. The molecule has 2 heterocycles. The molecule has 3 rings (SSSR count). The van der Waals surface area contributed by atoms with Gasteiger partial charge in [0.1, 0.15) is 17.9 Å². The number of pyridine rings is 1. The molecule has 0 bridgehead atoms. The number of hydrogen-bond acceptors (Lipinski definition) is 17. The first-order chi connectivity index (χ1) is 28.9. The lowest BCUT2D eigenvalue weighted by molar-refractivity contribution is -0.0142. The first kappa shape index (κ1) is 52.5. The summed E-state index contributed by atoms with van der Waals surface area (Å²) in [5, 5.41) is 4.63. The number of methoxy groups -OCH3 is 2. The minimum atomic E-state index is -0.238. The lowest BCUT2D eigenvalue weighted by Gasteiger charge is -2.28. The predicted octanol–water partition coefficient (Wildman–Crippen LogP) is 2.46. The lowest BCUT2D eigenvalue weighted by Crippen LogP contribution is -2.45. The molecule has 18 heteroatoms. The average molecular weight is 843 g/mol. The Labute approximate surface area is 351 Å². The van der Waals surface area contributed by atoms with Crippen LogP contribution in [0.4, 0.5) is 5.82 Å². The number of fused-ring (bicyclic) bond motifs is 3. The number of ether oxygens (including phenoxy) is 12. The molecule has 3 aromatic rings. The van der Waals surface area contributed by atoms with E-state index in [1.165, 1.54) is 0 Å². The second kappa shape index (κ2) is 35.0. The monoisotopic (exact) mass is 843 g/mol. The van der Waals surface area contributed by atoms with Crippen molar-refractivity contribution < 1.29 is 56.8 Å². The highest BCUT2D eigenvalue weighted by Gasteiger charge is 2.24. The van der Waals surface area contributed by atoms with Crippen molar-refractivity contribution in [1.29, 1.82) is 0 Å². The van der Waals surface area contributed by atoms with E-state index in [0.717, 1.165) is 22.2 Å². The van der Waals surface area contributed by atoms with Crippen molar-refractivity contribution in [2.45, 2.75) is 39.5 Å². The zero-order valence-electron chi connectivity index (χ0n) is 36.4. The molecule has 0 aliphatic heterocycles. The molecule has 5 N–H and O–H groups in total. The number of nitrogens with zero attached hydrogens (tertiary/aromatic N) is 3. The fourth-order valence-corrected chi connectivity index (χ4v) is 5.40. The number of anilines is 1. The zero-order valence-corrected chi connectivity index (χ0v) is 36.4.